The Bertz CT molecular complexity index is 559. The van der Waals surface area contributed by atoms with E-state index >= 15 is 0 Å². The lowest BCUT2D eigenvalue weighted by Gasteiger charge is -2.23. The Hall–Kier alpha value is -1.27. The van der Waals surface area contributed by atoms with Crippen LogP contribution in [0.2, 0.25) is 0 Å². The molecule has 1 heterocycles. The molecule has 0 unspecified atom stereocenters. The number of rotatable bonds is 7. The molecule has 1 saturated heterocycles. The summed E-state index contributed by atoms with van der Waals surface area (Å²) in [5, 5.41) is 3.00. The van der Waals surface area contributed by atoms with Gasteiger partial charge in [-0.05, 0) is 44.4 Å². The summed E-state index contributed by atoms with van der Waals surface area (Å²) < 4.78 is 0.859. The number of hydrogen-bond acceptors (Lipinski definition) is 4. The first-order chi connectivity index (χ1) is 11.6. The minimum absolute atomic E-state index is 0.0573. The second-order valence-corrected chi connectivity index (χ2v) is 7.63. The average molecular weight is 366 g/mol. The van der Waals surface area contributed by atoms with Crippen molar-refractivity contribution in [1.29, 1.82) is 0 Å². The predicted molar refractivity (Wildman–Crippen MR) is 108 cm³/mol. The van der Waals surface area contributed by atoms with Crippen molar-refractivity contribution in [2.24, 2.45) is 0 Å². The maximum Gasteiger partial charge on any atom is 0.230 e. The Kier molecular flexibility index (Phi) is 7.85. The molecule has 1 aliphatic heterocycles. The number of thioether (sulfide) groups is 1. The van der Waals surface area contributed by atoms with Gasteiger partial charge < -0.3 is 15.1 Å². The van der Waals surface area contributed by atoms with Crippen LogP contribution in [0.15, 0.2) is 24.3 Å². The van der Waals surface area contributed by atoms with Gasteiger partial charge in [-0.2, -0.15) is 0 Å². The molecule has 4 nitrogen and oxygen atoms in total. The van der Waals surface area contributed by atoms with Crippen LogP contribution in [0.4, 0.5) is 5.69 Å². The van der Waals surface area contributed by atoms with E-state index in [4.69, 9.17) is 12.2 Å². The number of anilines is 1. The maximum atomic E-state index is 12.0. The number of hydrogen-bond donors (Lipinski definition) is 1. The van der Waals surface area contributed by atoms with Crippen LogP contribution in [0.3, 0.4) is 0 Å². The third kappa shape index (κ3) is 5.98. The van der Waals surface area contributed by atoms with Crippen LogP contribution in [-0.2, 0) is 4.79 Å². The molecule has 1 amide bonds. The van der Waals surface area contributed by atoms with Gasteiger partial charge in [-0.3, -0.25) is 4.79 Å². The van der Waals surface area contributed by atoms with Crippen molar-refractivity contribution in [3.05, 3.63) is 29.8 Å². The fourth-order valence-electron chi connectivity index (χ4n) is 2.79. The van der Waals surface area contributed by atoms with Crippen molar-refractivity contribution < 1.29 is 4.79 Å². The zero-order valence-corrected chi connectivity index (χ0v) is 16.2. The van der Waals surface area contributed by atoms with E-state index < -0.39 is 0 Å². The lowest BCUT2D eigenvalue weighted by molar-refractivity contribution is -0.118. The summed E-state index contributed by atoms with van der Waals surface area (Å²) in [7, 11) is 0. The standard InChI is InChI=1S/C18H27N3OS2/c1-3-20(16-8-6-7-15(2)13-16)12-9-19-17(22)14-24-18(23)21-10-4-5-11-21/h6-8,13H,3-5,9-12,14H2,1-2H3,(H,19,22). The number of nitrogens with zero attached hydrogens (tertiary/aromatic N) is 2. The van der Waals surface area contributed by atoms with Crippen molar-refractivity contribution in [3.8, 4) is 0 Å². The first kappa shape index (κ1) is 19.1. The third-order valence-corrected chi connectivity index (χ3v) is 5.67. The molecule has 1 N–H and O–H groups in total. The molecule has 2 rings (SSSR count). The fraction of sp³-hybridized carbons (Fsp3) is 0.556. The molecule has 0 radical (unpaired) electrons. The second-order valence-electron chi connectivity index (χ2n) is 6.02. The van der Waals surface area contributed by atoms with Gasteiger partial charge in [-0.25, -0.2) is 0 Å². The topological polar surface area (TPSA) is 35.6 Å². The quantitative estimate of drug-likeness (QED) is 0.752. The molecular formula is C18H27N3OS2. The molecule has 6 heteroatoms. The summed E-state index contributed by atoms with van der Waals surface area (Å²) in [6.07, 6.45) is 2.41. The fourth-order valence-corrected chi connectivity index (χ4v) is 3.88. The Labute approximate surface area is 155 Å². The SMILES string of the molecule is CCN(CCNC(=O)CSC(=S)N1CCCC1)c1cccc(C)c1. The van der Waals surface area contributed by atoms with Crippen LogP contribution in [0.1, 0.15) is 25.3 Å². The second kappa shape index (κ2) is 9.89. The van der Waals surface area contributed by atoms with E-state index in [0.29, 0.717) is 12.3 Å². The Morgan fingerprint density at radius 3 is 2.79 bits per heavy atom. The highest BCUT2D eigenvalue weighted by atomic mass is 32.2. The van der Waals surface area contributed by atoms with Gasteiger partial charge in [0.25, 0.3) is 0 Å². The Balaban J connectivity index is 1.68. The van der Waals surface area contributed by atoms with Crippen molar-refractivity contribution in [2.45, 2.75) is 26.7 Å². The summed E-state index contributed by atoms with van der Waals surface area (Å²) >= 11 is 6.86. The molecule has 24 heavy (non-hydrogen) atoms. The highest BCUT2D eigenvalue weighted by Crippen LogP contribution is 2.16. The summed E-state index contributed by atoms with van der Waals surface area (Å²) in [6, 6.07) is 8.46. The minimum atomic E-state index is 0.0573. The highest BCUT2D eigenvalue weighted by molar-refractivity contribution is 8.23. The lowest BCUT2D eigenvalue weighted by atomic mass is 10.2. The van der Waals surface area contributed by atoms with E-state index in [2.05, 4.69) is 53.2 Å². The highest BCUT2D eigenvalue weighted by Gasteiger charge is 2.16. The number of carbonyl (C=O) groups excluding carboxylic acids is 1. The molecule has 1 fully saturated rings. The molecule has 0 bridgehead atoms. The summed E-state index contributed by atoms with van der Waals surface area (Å²) in [6.45, 7) is 8.69. The average Bonchev–Trinajstić information content (AvgIpc) is 3.11. The molecule has 1 aromatic rings. The molecule has 0 aromatic heterocycles. The summed E-state index contributed by atoms with van der Waals surface area (Å²) in [5.74, 6) is 0.466. The van der Waals surface area contributed by atoms with Gasteiger partial charge in [0.05, 0.1) is 5.75 Å². The molecule has 0 saturated carbocycles. The molecule has 1 aromatic carbocycles. The van der Waals surface area contributed by atoms with Gasteiger partial charge in [0, 0.05) is 38.4 Å². The molecule has 1 aliphatic rings. The van der Waals surface area contributed by atoms with Crippen molar-refractivity contribution in [1.82, 2.24) is 10.2 Å². The number of carbonyl (C=O) groups is 1. The van der Waals surface area contributed by atoms with Crippen LogP contribution in [0.5, 0.6) is 0 Å². The molecular weight excluding hydrogens is 338 g/mol. The zero-order valence-electron chi connectivity index (χ0n) is 14.6. The normalized spacial score (nSPS) is 13.8. The van der Waals surface area contributed by atoms with Crippen LogP contribution >= 0.6 is 24.0 Å². The number of aryl methyl sites for hydroxylation is 1. The van der Waals surface area contributed by atoms with Gasteiger partial charge in [0.1, 0.15) is 4.32 Å². The van der Waals surface area contributed by atoms with Gasteiger partial charge in [0.2, 0.25) is 5.91 Å². The molecule has 0 atom stereocenters. The lowest BCUT2D eigenvalue weighted by Crippen LogP contribution is -2.36. The summed E-state index contributed by atoms with van der Waals surface area (Å²) in [4.78, 5) is 16.5. The van der Waals surface area contributed by atoms with Crippen LogP contribution in [-0.4, -0.2) is 53.6 Å². The number of nitrogens with one attached hydrogen (secondary N) is 1. The van der Waals surface area contributed by atoms with E-state index in [1.807, 2.05) is 0 Å². The van der Waals surface area contributed by atoms with Crippen LogP contribution < -0.4 is 10.2 Å². The number of benzene rings is 1. The van der Waals surface area contributed by atoms with E-state index in [-0.39, 0.29) is 5.91 Å². The van der Waals surface area contributed by atoms with Gasteiger partial charge in [-0.15, -0.1) is 0 Å². The zero-order chi connectivity index (χ0) is 17.4. The van der Waals surface area contributed by atoms with Crippen molar-refractivity contribution in [3.63, 3.8) is 0 Å². The number of likely N-dealkylation sites (N-methyl/N-ethyl adjacent to an activating group) is 1. The molecule has 0 aliphatic carbocycles. The number of thiocarbonyl (C=S) groups is 1. The van der Waals surface area contributed by atoms with Gasteiger partial charge in [-0.1, -0.05) is 36.1 Å². The number of likely N-dealkylation sites (tertiary alicyclic amines) is 1. The smallest absolute Gasteiger partial charge is 0.230 e. The Morgan fingerprint density at radius 2 is 2.12 bits per heavy atom. The van der Waals surface area contributed by atoms with Crippen molar-refractivity contribution >= 4 is 39.9 Å². The van der Waals surface area contributed by atoms with E-state index in [1.165, 1.54) is 35.9 Å². The van der Waals surface area contributed by atoms with Gasteiger partial charge >= 0.3 is 0 Å². The third-order valence-electron chi connectivity index (χ3n) is 4.14. The van der Waals surface area contributed by atoms with Crippen LogP contribution in [0, 0.1) is 6.92 Å². The van der Waals surface area contributed by atoms with E-state index in [0.717, 1.165) is 30.5 Å². The molecule has 132 valence electrons. The largest absolute Gasteiger partial charge is 0.370 e. The number of amides is 1. The summed E-state index contributed by atoms with van der Waals surface area (Å²) in [5.41, 5.74) is 2.46. The molecule has 0 spiro atoms. The van der Waals surface area contributed by atoms with Crippen LogP contribution in [0.25, 0.3) is 0 Å². The first-order valence-corrected chi connectivity index (χ1v) is 9.99. The monoisotopic (exact) mass is 365 g/mol. The Morgan fingerprint density at radius 1 is 1.38 bits per heavy atom. The predicted octanol–water partition coefficient (Wildman–Crippen LogP) is 3.05. The maximum absolute atomic E-state index is 12.0. The van der Waals surface area contributed by atoms with Crippen molar-refractivity contribution in [2.75, 3.05) is 43.4 Å². The first-order valence-electron chi connectivity index (χ1n) is 8.60. The minimum Gasteiger partial charge on any atom is -0.370 e. The van der Waals surface area contributed by atoms with E-state index in [1.54, 1.807) is 0 Å². The van der Waals surface area contributed by atoms with E-state index in [9.17, 15) is 4.79 Å². The van der Waals surface area contributed by atoms with Gasteiger partial charge in [0.15, 0.2) is 0 Å².